The second-order valence-corrected chi connectivity index (χ2v) is 5.34. The van der Waals surface area contributed by atoms with E-state index in [1.807, 2.05) is 0 Å². The van der Waals surface area contributed by atoms with Gasteiger partial charge in [0.25, 0.3) is 5.91 Å². The van der Waals surface area contributed by atoms with Crippen LogP contribution in [0.15, 0.2) is 30.5 Å². The molecule has 0 aliphatic heterocycles. The van der Waals surface area contributed by atoms with Crippen molar-refractivity contribution in [3.8, 4) is 17.4 Å². The van der Waals surface area contributed by atoms with Gasteiger partial charge >= 0.3 is 6.18 Å². The number of hydrogen-bond acceptors (Lipinski definition) is 5. The number of carbonyl (C=O) groups is 1. The van der Waals surface area contributed by atoms with Crippen LogP contribution in [-0.2, 0) is 0 Å². The zero-order chi connectivity index (χ0) is 19.3. The van der Waals surface area contributed by atoms with E-state index in [4.69, 9.17) is 21.1 Å². The van der Waals surface area contributed by atoms with Crippen molar-refractivity contribution >= 4 is 23.2 Å². The number of nitrogens with zero attached hydrogens (tertiary/aromatic N) is 1. The molecule has 0 spiro atoms. The van der Waals surface area contributed by atoms with Gasteiger partial charge in [-0.1, -0.05) is 11.6 Å². The monoisotopic (exact) mass is 390 g/mol. The summed E-state index contributed by atoms with van der Waals surface area (Å²) in [4.78, 5) is 15.9. The predicted octanol–water partition coefficient (Wildman–Crippen LogP) is 3.95. The Balaban J connectivity index is 2.11. The molecule has 0 atom stereocenters. The van der Waals surface area contributed by atoms with Gasteiger partial charge in [0.1, 0.15) is 11.5 Å². The number of aromatic nitrogens is 1. The summed E-state index contributed by atoms with van der Waals surface area (Å²) in [5.74, 6) is -0.115. The van der Waals surface area contributed by atoms with Gasteiger partial charge in [0.15, 0.2) is 6.61 Å². The van der Waals surface area contributed by atoms with Crippen molar-refractivity contribution in [2.45, 2.75) is 6.18 Å². The first kappa shape index (κ1) is 19.6. The SMILES string of the molecule is COc1cc(OC)c(NC(=O)c2ccc(OCC(F)(F)F)nc2)cc1Cl. The fraction of sp³-hybridized carbons (Fsp3) is 0.250. The summed E-state index contributed by atoms with van der Waals surface area (Å²) >= 11 is 6.03. The molecule has 0 fully saturated rings. The zero-order valence-electron chi connectivity index (χ0n) is 13.7. The van der Waals surface area contributed by atoms with Gasteiger partial charge in [-0.15, -0.1) is 0 Å². The van der Waals surface area contributed by atoms with Gasteiger partial charge in [0.05, 0.1) is 30.5 Å². The molecule has 0 saturated carbocycles. The predicted molar refractivity (Wildman–Crippen MR) is 88.3 cm³/mol. The van der Waals surface area contributed by atoms with Crippen molar-refractivity contribution in [1.29, 1.82) is 0 Å². The number of ether oxygens (including phenoxy) is 3. The summed E-state index contributed by atoms with van der Waals surface area (Å²) in [6, 6.07) is 5.40. The lowest BCUT2D eigenvalue weighted by Crippen LogP contribution is -2.19. The summed E-state index contributed by atoms with van der Waals surface area (Å²) in [5, 5.41) is 2.84. The summed E-state index contributed by atoms with van der Waals surface area (Å²) in [6.45, 7) is -1.47. The quantitative estimate of drug-likeness (QED) is 0.809. The van der Waals surface area contributed by atoms with Crippen LogP contribution in [0.25, 0.3) is 0 Å². The van der Waals surface area contributed by atoms with Gasteiger partial charge in [-0.2, -0.15) is 13.2 Å². The molecule has 140 valence electrons. The standard InChI is InChI=1S/C16H14ClF3N2O4/c1-24-12-6-13(25-2)11(5-10(12)17)22-15(23)9-3-4-14(21-7-9)26-8-16(18,19)20/h3-7H,8H2,1-2H3,(H,22,23). The molecular weight excluding hydrogens is 377 g/mol. The molecule has 1 N–H and O–H groups in total. The lowest BCUT2D eigenvalue weighted by Gasteiger charge is -2.13. The Labute approximate surface area is 151 Å². The number of anilines is 1. The molecule has 0 bridgehead atoms. The summed E-state index contributed by atoms with van der Waals surface area (Å²) < 4.78 is 51.0. The Hall–Kier alpha value is -2.68. The largest absolute Gasteiger partial charge is 0.495 e. The van der Waals surface area contributed by atoms with Gasteiger partial charge in [-0.3, -0.25) is 4.79 Å². The first-order chi connectivity index (χ1) is 12.2. The second-order valence-electron chi connectivity index (χ2n) is 4.93. The maximum atomic E-state index is 12.3. The number of halogens is 4. The van der Waals surface area contributed by atoms with Gasteiger partial charge in [0, 0.05) is 18.3 Å². The maximum Gasteiger partial charge on any atom is 0.422 e. The summed E-state index contributed by atoms with van der Waals surface area (Å²) in [6.07, 6.45) is -3.37. The van der Waals surface area contributed by atoms with Gasteiger partial charge < -0.3 is 19.5 Å². The third-order valence-electron chi connectivity index (χ3n) is 3.10. The van der Waals surface area contributed by atoms with E-state index < -0.39 is 18.7 Å². The Bertz CT molecular complexity index is 782. The van der Waals surface area contributed by atoms with Crippen LogP contribution in [0.4, 0.5) is 18.9 Å². The molecule has 0 saturated heterocycles. The molecule has 2 rings (SSSR count). The molecular formula is C16H14ClF3N2O4. The van der Waals surface area contributed by atoms with Crippen molar-refractivity contribution in [1.82, 2.24) is 4.98 Å². The Kier molecular flexibility index (Phi) is 6.14. The van der Waals surface area contributed by atoms with E-state index in [0.29, 0.717) is 17.2 Å². The van der Waals surface area contributed by atoms with Crippen LogP contribution in [0.5, 0.6) is 17.4 Å². The van der Waals surface area contributed by atoms with Crippen molar-refractivity contribution in [2.75, 3.05) is 26.1 Å². The average molecular weight is 391 g/mol. The molecule has 2 aromatic rings. The van der Waals surface area contributed by atoms with Crippen LogP contribution in [0.2, 0.25) is 5.02 Å². The topological polar surface area (TPSA) is 69.7 Å². The number of carbonyl (C=O) groups excluding carboxylic acids is 1. The third kappa shape index (κ3) is 5.16. The molecule has 1 amide bonds. The molecule has 6 nitrogen and oxygen atoms in total. The molecule has 0 unspecified atom stereocenters. The van der Waals surface area contributed by atoms with Gasteiger partial charge in [-0.05, 0) is 12.1 Å². The van der Waals surface area contributed by atoms with E-state index in [2.05, 4.69) is 15.0 Å². The number of alkyl halides is 3. The first-order valence-electron chi connectivity index (χ1n) is 7.12. The zero-order valence-corrected chi connectivity index (χ0v) is 14.4. The fourth-order valence-corrected chi connectivity index (χ4v) is 2.15. The molecule has 1 aromatic heterocycles. The normalized spacial score (nSPS) is 11.0. The minimum atomic E-state index is -4.47. The Morgan fingerprint density at radius 1 is 1.19 bits per heavy atom. The maximum absolute atomic E-state index is 12.3. The highest BCUT2D eigenvalue weighted by Crippen LogP contribution is 2.36. The average Bonchev–Trinajstić information content (AvgIpc) is 2.60. The first-order valence-corrected chi connectivity index (χ1v) is 7.49. The van der Waals surface area contributed by atoms with Gasteiger partial charge in [0.2, 0.25) is 5.88 Å². The van der Waals surface area contributed by atoms with Crippen LogP contribution in [-0.4, -0.2) is 37.9 Å². The van der Waals surface area contributed by atoms with Gasteiger partial charge in [-0.25, -0.2) is 4.98 Å². The number of benzene rings is 1. The minimum Gasteiger partial charge on any atom is -0.495 e. The van der Waals surface area contributed by atoms with Crippen molar-refractivity contribution < 1.29 is 32.2 Å². The van der Waals surface area contributed by atoms with Crippen LogP contribution in [0, 0.1) is 0 Å². The smallest absolute Gasteiger partial charge is 0.422 e. The number of nitrogens with one attached hydrogen (secondary N) is 1. The third-order valence-corrected chi connectivity index (χ3v) is 3.40. The molecule has 10 heteroatoms. The van der Waals surface area contributed by atoms with E-state index in [1.165, 1.54) is 38.5 Å². The molecule has 0 radical (unpaired) electrons. The van der Waals surface area contributed by atoms with E-state index >= 15 is 0 Å². The fourth-order valence-electron chi connectivity index (χ4n) is 1.91. The minimum absolute atomic E-state index is 0.110. The highest BCUT2D eigenvalue weighted by molar-refractivity contribution is 6.32. The number of pyridine rings is 1. The second kappa shape index (κ2) is 8.13. The summed E-state index contributed by atoms with van der Waals surface area (Å²) in [5.41, 5.74) is 0.402. The number of amides is 1. The Morgan fingerprint density at radius 3 is 2.42 bits per heavy atom. The highest BCUT2D eigenvalue weighted by atomic mass is 35.5. The van der Waals surface area contributed by atoms with Crippen LogP contribution in [0.1, 0.15) is 10.4 Å². The molecule has 0 aliphatic carbocycles. The molecule has 26 heavy (non-hydrogen) atoms. The highest BCUT2D eigenvalue weighted by Gasteiger charge is 2.28. The van der Waals surface area contributed by atoms with Crippen molar-refractivity contribution in [3.63, 3.8) is 0 Å². The van der Waals surface area contributed by atoms with Crippen LogP contribution >= 0.6 is 11.6 Å². The molecule has 1 heterocycles. The van der Waals surface area contributed by atoms with E-state index in [-0.39, 0.29) is 16.5 Å². The van der Waals surface area contributed by atoms with E-state index in [0.717, 1.165) is 6.20 Å². The van der Waals surface area contributed by atoms with Crippen LogP contribution in [0.3, 0.4) is 0 Å². The Morgan fingerprint density at radius 2 is 1.88 bits per heavy atom. The van der Waals surface area contributed by atoms with Crippen molar-refractivity contribution in [2.24, 2.45) is 0 Å². The van der Waals surface area contributed by atoms with E-state index in [9.17, 15) is 18.0 Å². The van der Waals surface area contributed by atoms with Crippen molar-refractivity contribution in [3.05, 3.63) is 41.0 Å². The summed E-state index contributed by atoms with van der Waals surface area (Å²) in [7, 11) is 2.85. The number of rotatable bonds is 6. The number of hydrogen-bond donors (Lipinski definition) is 1. The molecule has 0 aliphatic rings. The lowest BCUT2D eigenvalue weighted by molar-refractivity contribution is -0.154. The van der Waals surface area contributed by atoms with Crippen LogP contribution < -0.4 is 19.5 Å². The molecule has 1 aromatic carbocycles. The lowest BCUT2D eigenvalue weighted by atomic mass is 10.2. The van der Waals surface area contributed by atoms with E-state index in [1.54, 1.807) is 0 Å². The number of methoxy groups -OCH3 is 2.